The van der Waals surface area contributed by atoms with Crippen molar-refractivity contribution in [3.8, 4) is 0 Å². The molecule has 0 bridgehead atoms. The summed E-state index contributed by atoms with van der Waals surface area (Å²) < 4.78 is 5.84. The SMILES string of the molecule is CCCCOCCC1(CNC)CCCc2ccccc21. The molecule has 1 aromatic carbocycles. The molecule has 0 aromatic heterocycles. The van der Waals surface area contributed by atoms with Crippen molar-refractivity contribution in [2.75, 3.05) is 26.8 Å². The van der Waals surface area contributed by atoms with Crippen LogP contribution >= 0.6 is 0 Å². The van der Waals surface area contributed by atoms with E-state index in [1.165, 1.54) is 32.1 Å². The molecule has 1 aliphatic carbocycles. The summed E-state index contributed by atoms with van der Waals surface area (Å²) in [5.41, 5.74) is 3.37. The highest BCUT2D eigenvalue weighted by atomic mass is 16.5. The van der Waals surface area contributed by atoms with E-state index in [-0.39, 0.29) is 5.41 Å². The highest BCUT2D eigenvalue weighted by Crippen LogP contribution is 2.39. The van der Waals surface area contributed by atoms with Crippen molar-refractivity contribution in [1.29, 1.82) is 0 Å². The van der Waals surface area contributed by atoms with Gasteiger partial charge in [0, 0.05) is 25.2 Å². The maximum Gasteiger partial charge on any atom is 0.0475 e. The lowest BCUT2D eigenvalue weighted by atomic mass is 9.68. The average molecular weight is 275 g/mol. The molecule has 2 heteroatoms. The Morgan fingerprint density at radius 1 is 1.25 bits per heavy atom. The Labute approximate surface area is 123 Å². The van der Waals surface area contributed by atoms with E-state index in [4.69, 9.17) is 4.74 Å². The Bertz CT molecular complexity index is 404. The lowest BCUT2D eigenvalue weighted by Gasteiger charge is -2.39. The van der Waals surface area contributed by atoms with Crippen LogP contribution in [0.25, 0.3) is 0 Å². The van der Waals surface area contributed by atoms with Crippen LogP contribution < -0.4 is 5.32 Å². The van der Waals surface area contributed by atoms with Crippen molar-refractivity contribution >= 4 is 0 Å². The van der Waals surface area contributed by atoms with E-state index in [2.05, 4.69) is 43.6 Å². The number of hydrogen-bond donors (Lipinski definition) is 1. The number of rotatable bonds is 8. The molecule has 0 radical (unpaired) electrons. The molecule has 0 fully saturated rings. The molecule has 1 unspecified atom stereocenters. The number of fused-ring (bicyclic) bond motifs is 1. The summed E-state index contributed by atoms with van der Waals surface area (Å²) in [4.78, 5) is 0. The van der Waals surface area contributed by atoms with E-state index in [0.29, 0.717) is 0 Å². The molecule has 1 aliphatic rings. The predicted octanol–water partition coefficient (Wildman–Crippen LogP) is 3.69. The quantitative estimate of drug-likeness (QED) is 0.731. The van der Waals surface area contributed by atoms with Crippen LogP contribution in [-0.2, 0) is 16.6 Å². The number of aryl methyl sites for hydroxylation is 1. The molecule has 0 saturated heterocycles. The van der Waals surface area contributed by atoms with Crippen molar-refractivity contribution in [3.05, 3.63) is 35.4 Å². The molecule has 1 N–H and O–H groups in total. The molecule has 1 atom stereocenters. The Hall–Kier alpha value is -0.860. The third-order valence-electron chi connectivity index (χ3n) is 4.57. The molecule has 20 heavy (non-hydrogen) atoms. The van der Waals surface area contributed by atoms with Gasteiger partial charge in [0.1, 0.15) is 0 Å². The van der Waals surface area contributed by atoms with E-state index >= 15 is 0 Å². The molecule has 2 rings (SSSR count). The van der Waals surface area contributed by atoms with E-state index in [1.54, 1.807) is 11.1 Å². The zero-order valence-corrected chi connectivity index (χ0v) is 13.1. The second kappa shape index (κ2) is 7.80. The van der Waals surface area contributed by atoms with Gasteiger partial charge in [-0.05, 0) is 50.3 Å². The summed E-state index contributed by atoms with van der Waals surface area (Å²) in [6, 6.07) is 8.99. The van der Waals surface area contributed by atoms with Crippen LogP contribution in [0.3, 0.4) is 0 Å². The van der Waals surface area contributed by atoms with Crippen LogP contribution in [0.1, 0.15) is 50.2 Å². The molecule has 1 aromatic rings. The van der Waals surface area contributed by atoms with Crippen LogP contribution in [0.2, 0.25) is 0 Å². The molecule has 0 aliphatic heterocycles. The average Bonchev–Trinajstić information content (AvgIpc) is 2.48. The van der Waals surface area contributed by atoms with Crippen molar-refractivity contribution < 1.29 is 4.74 Å². The lowest BCUT2D eigenvalue weighted by molar-refractivity contribution is 0.106. The number of hydrogen-bond acceptors (Lipinski definition) is 2. The molecule has 0 heterocycles. The molecular weight excluding hydrogens is 246 g/mol. The highest BCUT2D eigenvalue weighted by Gasteiger charge is 2.35. The Morgan fingerprint density at radius 3 is 2.90 bits per heavy atom. The first-order valence-corrected chi connectivity index (χ1v) is 8.13. The zero-order valence-electron chi connectivity index (χ0n) is 13.1. The van der Waals surface area contributed by atoms with Crippen molar-refractivity contribution in [3.63, 3.8) is 0 Å². The summed E-state index contributed by atoms with van der Waals surface area (Å²) in [5, 5.41) is 3.42. The van der Waals surface area contributed by atoms with Crippen LogP contribution in [0.5, 0.6) is 0 Å². The second-order valence-corrected chi connectivity index (χ2v) is 6.04. The molecule has 0 amide bonds. The van der Waals surface area contributed by atoms with Gasteiger partial charge in [-0.3, -0.25) is 0 Å². The fraction of sp³-hybridized carbons (Fsp3) is 0.667. The van der Waals surface area contributed by atoms with Gasteiger partial charge in [-0.15, -0.1) is 0 Å². The smallest absolute Gasteiger partial charge is 0.0475 e. The summed E-state index contributed by atoms with van der Waals surface area (Å²) in [6.45, 7) is 5.06. The van der Waals surface area contributed by atoms with Crippen LogP contribution in [0, 0.1) is 0 Å². The van der Waals surface area contributed by atoms with Gasteiger partial charge in [0.2, 0.25) is 0 Å². The predicted molar refractivity (Wildman–Crippen MR) is 85.3 cm³/mol. The second-order valence-electron chi connectivity index (χ2n) is 6.04. The van der Waals surface area contributed by atoms with E-state index in [9.17, 15) is 0 Å². The largest absolute Gasteiger partial charge is 0.381 e. The van der Waals surface area contributed by atoms with Gasteiger partial charge in [0.05, 0.1) is 0 Å². The standard InChI is InChI=1S/C18H29NO/c1-3-4-13-20-14-12-18(15-19-2)11-7-9-16-8-5-6-10-17(16)18/h5-6,8,10,19H,3-4,7,9,11-15H2,1-2H3. The van der Waals surface area contributed by atoms with Crippen LogP contribution in [-0.4, -0.2) is 26.8 Å². The summed E-state index contributed by atoms with van der Waals surface area (Å²) in [7, 11) is 2.07. The van der Waals surface area contributed by atoms with Crippen molar-refractivity contribution in [1.82, 2.24) is 5.32 Å². The van der Waals surface area contributed by atoms with Gasteiger partial charge in [0.15, 0.2) is 0 Å². The maximum atomic E-state index is 5.84. The van der Waals surface area contributed by atoms with Crippen molar-refractivity contribution in [2.45, 2.75) is 50.9 Å². The molecule has 0 saturated carbocycles. The minimum Gasteiger partial charge on any atom is -0.381 e. The van der Waals surface area contributed by atoms with Gasteiger partial charge < -0.3 is 10.1 Å². The number of nitrogens with one attached hydrogen (secondary N) is 1. The fourth-order valence-corrected chi connectivity index (χ4v) is 3.49. The zero-order chi connectivity index (χ0) is 14.3. The minimum atomic E-state index is 0.274. The number of benzene rings is 1. The fourth-order valence-electron chi connectivity index (χ4n) is 3.49. The molecule has 2 nitrogen and oxygen atoms in total. The highest BCUT2D eigenvalue weighted by molar-refractivity contribution is 5.37. The van der Waals surface area contributed by atoms with Gasteiger partial charge in [-0.1, -0.05) is 37.6 Å². The summed E-state index contributed by atoms with van der Waals surface area (Å²) >= 11 is 0. The Kier molecular flexibility index (Phi) is 6.06. The molecular formula is C18H29NO. The third-order valence-corrected chi connectivity index (χ3v) is 4.57. The first-order valence-electron chi connectivity index (χ1n) is 8.13. The van der Waals surface area contributed by atoms with Crippen molar-refractivity contribution in [2.24, 2.45) is 0 Å². The molecule has 0 spiro atoms. The summed E-state index contributed by atoms with van der Waals surface area (Å²) in [6.07, 6.45) is 7.34. The van der Waals surface area contributed by atoms with E-state index < -0.39 is 0 Å². The summed E-state index contributed by atoms with van der Waals surface area (Å²) in [5.74, 6) is 0. The normalized spacial score (nSPS) is 21.7. The van der Waals surface area contributed by atoms with Crippen LogP contribution in [0.4, 0.5) is 0 Å². The molecule has 112 valence electrons. The topological polar surface area (TPSA) is 21.3 Å². The van der Waals surface area contributed by atoms with Gasteiger partial charge >= 0.3 is 0 Å². The number of likely N-dealkylation sites (N-methyl/N-ethyl adjacent to an activating group) is 1. The third kappa shape index (κ3) is 3.62. The van der Waals surface area contributed by atoms with Gasteiger partial charge in [0.25, 0.3) is 0 Å². The first-order chi connectivity index (χ1) is 9.82. The van der Waals surface area contributed by atoms with Gasteiger partial charge in [-0.2, -0.15) is 0 Å². The number of ether oxygens (including phenoxy) is 1. The maximum absolute atomic E-state index is 5.84. The minimum absolute atomic E-state index is 0.274. The first kappa shape index (κ1) is 15.5. The monoisotopic (exact) mass is 275 g/mol. The van der Waals surface area contributed by atoms with Crippen LogP contribution in [0.15, 0.2) is 24.3 Å². The lowest BCUT2D eigenvalue weighted by Crippen LogP contribution is -2.40. The Morgan fingerprint density at radius 2 is 2.10 bits per heavy atom. The van der Waals surface area contributed by atoms with E-state index in [1.807, 2.05) is 0 Å². The van der Waals surface area contributed by atoms with E-state index in [0.717, 1.165) is 26.2 Å². The number of unbranched alkanes of at least 4 members (excludes halogenated alkanes) is 1. The Balaban J connectivity index is 2.06. The van der Waals surface area contributed by atoms with Gasteiger partial charge in [-0.25, -0.2) is 0 Å².